The van der Waals surface area contributed by atoms with Crippen LogP contribution in [0.1, 0.15) is 50.2 Å². The highest BCUT2D eigenvalue weighted by atomic mass is 79.9. The highest BCUT2D eigenvalue weighted by molar-refractivity contribution is 9.10. The van der Waals surface area contributed by atoms with Crippen LogP contribution in [0, 0.1) is 6.92 Å². The van der Waals surface area contributed by atoms with Crippen LogP contribution in [0.3, 0.4) is 0 Å². The number of aryl methyl sites for hydroxylation is 1. The Morgan fingerprint density at radius 1 is 1.14 bits per heavy atom. The molecule has 0 heterocycles. The number of nitrogens with zero attached hydrogens (tertiary/aromatic N) is 2. The predicted molar refractivity (Wildman–Crippen MR) is 149 cm³/mol. The number of carbonyl (C=O) groups excluding carboxylic acids is 2. The number of ether oxygens (including phenoxy) is 1. The Morgan fingerprint density at radius 3 is 2.46 bits per heavy atom. The van der Waals surface area contributed by atoms with E-state index in [1.54, 1.807) is 44.4 Å². The number of hydrogen-bond acceptors (Lipinski definition) is 5. The van der Waals surface area contributed by atoms with Gasteiger partial charge >= 0.3 is 0 Å². The average Bonchev–Trinajstić information content (AvgIpc) is 2.87. The number of anilines is 1. The summed E-state index contributed by atoms with van der Waals surface area (Å²) in [6, 6.07) is 11.7. The number of benzene rings is 2. The minimum Gasteiger partial charge on any atom is -0.497 e. The van der Waals surface area contributed by atoms with E-state index in [2.05, 4.69) is 21.2 Å². The fourth-order valence-corrected chi connectivity index (χ4v) is 5.60. The zero-order valence-corrected chi connectivity index (χ0v) is 24.3. The number of nitrogens with one attached hydrogen (secondary N) is 1. The second kappa shape index (κ2) is 12.8. The molecule has 1 atom stereocenters. The van der Waals surface area contributed by atoms with Crippen LogP contribution in [0.15, 0.2) is 46.9 Å². The molecule has 2 aromatic carbocycles. The summed E-state index contributed by atoms with van der Waals surface area (Å²) in [6.45, 7) is 3.24. The summed E-state index contributed by atoms with van der Waals surface area (Å²) >= 11 is 3.43. The van der Waals surface area contributed by atoms with Gasteiger partial charge in [0.1, 0.15) is 18.3 Å². The maximum atomic E-state index is 13.7. The lowest BCUT2D eigenvalue weighted by molar-refractivity contribution is -0.139. The number of hydrogen-bond donors (Lipinski definition) is 1. The number of rotatable bonds is 10. The molecule has 202 valence electrons. The molecule has 0 aromatic heterocycles. The van der Waals surface area contributed by atoms with Gasteiger partial charge in [0.2, 0.25) is 21.8 Å². The van der Waals surface area contributed by atoms with E-state index >= 15 is 0 Å². The van der Waals surface area contributed by atoms with E-state index in [0.29, 0.717) is 11.4 Å². The SMILES string of the molecule is COc1cccc(CN(C(=O)CN(c2ccc(Br)c(C)c2)S(C)(=O)=O)[C@@H](C)C(=O)NC2CCCCC2)c1. The molecule has 10 heteroatoms. The summed E-state index contributed by atoms with van der Waals surface area (Å²) in [4.78, 5) is 28.4. The molecule has 0 bridgehead atoms. The van der Waals surface area contributed by atoms with Crippen molar-refractivity contribution in [1.29, 1.82) is 0 Å². The Kier molecular flexibility index (Phi) is 10.0. The van der Waals surface area contributed by atoms with Crippen LogP contribution in [0.25, 0.3) is 0 Å². The van der Waals surface area contributed by atoms with Gasteiger partial charge in [0.15, 0.2) is 0 Å². The third-order valence-corrected chi connectivity index (χ3v) is 8.74. The summed E-state index contributed by atoms with van der Waals surface area (Å²) in [7, 11) is -2.22. The molecular formula is C27H36BrN3O5S. The molecule has 3 rings (SSSR count). The molecule has 1 N–H and O–H groups in total. The van der Waals surface area contributed by atoms with Crippen LogP contribution < -0.4 is 14.4 Å². The van der Waals surface area contributed by atoms with Crippen molar-refractivity contribution in [3.63, 3.8) is 0 Å². The van der Waals surface area contributed by atoms with Gasteiger partial charge in [0.05, 0.1) is 19.1 Å². The summed E-state index contributed by atoms with van der Waals surface area (Å²) in [6.07, 6.45) is 6.23. The first kappa shape index (κ1) is 29.0. The van der Waals surface area contributed by atoms with Crippen LogP contribution in [-0.2, 0) is 26.2 Å². The van der Waals surface area contributed by atoms with Crippen LogP contribution in [0.5, 0.6) is 5.75 Å². The van der Waals surface area contributed by atoms with E-state index in [1.807, 2.05) is 19.1 Å². The van der Waals surface area contributed by atoms with Gasteiger partial charge in [-0.15, -0.1) is 0 Å². The Morgan fingerprint density at radius 2 is 1.84 bits per heavy atom. The van der Waals surface area contributed by atoms with E-state index in [0.717, 1.165) is 51.8 Å². The second-order valence-electron chi connectivity index (χ2n) is 9.60. The summed E-state index contributed by atoms with van der Waals surface area (Å²) in [5.41, 5.74) is 2.00. The molecule has 0 unspecified atom stereocenters. The average molecular weight is 595 g/mol. The van der Waals surface area contributed by atoms with Gasteiger partial charge in [-0.2, -0.15) is 0 Å². The smallest absolute Gasteiger partial charge is 0.244 e. The maximum absolute atomic E-state index is 13.7. The molecule has 1 saturated carbocycles. The quantitative estimate of drug-likeness (QED) is 0.440. The lowest BCUT2D eigenvalue weighted by Gasteiger charge is -2.33. The number of carbonyl (C=O) groups is 2. The first-order valence-corrected chi connectivity index (χ1v) is 15.1. The van der Waals surface area contributed by atoms with Crippen molar-refractivity contribution in [3.8, 4) is 5.75 Å². The standard InChI is InChI=1S/C27H36BrN3O5S/c1-19-15-23(13-14-25(19)28)31(37(4,34)35)18-26(32)30(17-21-9-8-12-24(16-21)36-3)20(2)27(33)29-22-10-6-5-7-11-22/h8-9,12-16,20,22H,5-7,10-11,17-18H2,1-4H3,(H,29,33)/t20-/m0/s1. The van der Waals surface area contributed by atoms with Crippen LogP contribution in [-0.4, -0.2) is 57.1 Å². The van der Waals surface area contributed by atoms with Crippen molar-refractivity contribution in [2.24, 2.45) is 0 Å². The minimum atomic E-state index is -3.78. The monoisotopic (exact) mass is 593 g/mol. The van der Waals surface area contributed by atoms with Crippen molar-refractivity contribution in [2.45, 2.75) is 64.6 Å². The van der Waals surface area contributed by atoms with Crippen LogP contribution in [0.4, 0.5) is 5.69 Å². The molecular weight excluding hydrogens is 558 g/mol. The molecule has 1 aliphatic carbocycles. The van der Waals surface area contributed by atoms with Crippen LogP contribution >= 0.6 is 15.9 Å². The zero-order valence-electron chi connectivity index (χ0n) is 21.9. The fraction of sp³-hybridized carbons (Fsp3) is 0.481. The molecule has 2 amide bonds. The summed E-state index contributed by atoms with van der Waals surface area (Å²) in [5.74, 6) is -0.0824. The first-order valence-electron chi connectivity index (χ1n) is 12.5. The molecule has 0 radical (unpaired) electrons. The normalized spacial score (nSPS) is 15.1. The van der Waals surface area contributed by atoms with Crippen LogP contribution in [0.2, 0.25) is 0 Å². The Balaban J connectivity index is 1.89. The van der Waals surface area contributed by atoms with Gasteiger partial charge in [-0.25, -0.2) is 8.42 Å². The van der Waals surface area contributed by atoms with Crippen molar-refractivity contribution < 1.29 is 22.7 Å². The van der Waals surface area contributed by atoms with E-state index in [1.165, 1.54) is 11.3 Å². The lowest BCUT2D eigenvalue weighted by atomic mass is 9.95. The second-order valence-corrected chi connectivity index (χ2v) is 12.4. The molecule has 0 aliphatic heterocycles. The number of halogens is 1. The van der Waals surface area contributed by atoms with E-state index in [9.17, 15) is 18.0 Å². The fourth-order valence-electron chi connectivity index (χ4n) is 4.52. The lowest BCUT2D eigenvalue weighted by Crippen LogP contribution is -2.53. The summed E-state index contributed by atoms with van der Waals surface area (Å²) < 4.78 is 32.7. The third kappa shape index (κ3) is 7.95. The zero-order chi connectivity index (χ0) is 27.2. The van der Waals surface area contributed by atoms with Crippen molar-refractivity contribution in [2.75, 3.05) is 24.2 Å². The van der Waals surface area contributed by atoms with Crippen molar-refractivity contribution in [1.82, 2.24) is 10.2 Å². The summed E-state index contributed by atoms with van der Waals surface area (Å²) in [5, 5.41) is 3.10. The van der Waals surface area contributed by atoms with Gasteiger partial charge in [-0.3, -0.25) is 13.9 Å². The Bertz CT molecular complexity index is 1210. The first-order chi connectivity index (χ1) is 17.5. The number of sulfonamides is 1. The molecule has 2 aromatic rings. The van der Waals surface area contributed by atoms with Gasteiger partial charge in [0.25, 0.3) is 0 Å². The van der Waals surface area contributed by atoms with Gasteiger partial charge < -0.3 is 15.0 Å². The topological polar surface area (TPSA) is 96.0 Å². The largest absolute Gasteiger partial charge is 0.497 e. The van der Waals surface area contributed by atoms with Gasteiger partial charge in [-0.05, 0) is 68.1 Å². The molecule has 8 nitrogen and oxygen atoms in total. The van der Waals surface area contributed by atoms with Crippen molar-refractivity contribution >= 4 is 43.5 Å². The minimum absolute atomic E-state index is 0.0933. The highest BCUT2D eigenvalue weighted by Gasteiger charge is 2.31. The molecule has 0 saturated heterocycles. The Labute approximate surface area is 228 Å². The maximum Gasteiger partial charge on any atom is 0.244 e. The van der Waals surface area contributed by atoms with Gasteiger partial charge in [-0.1, -0.05) is 47.3 Å². The number of amides is 2. The molecule has 0 spiro atoms. The predicted octanol–water partition coefficient (Wildman–Crippen LogP) is 4.40. The van der Waals surface area contributed by atoms with Crippen molar-refractivity contribution in [3.05, 3.63) is 58.1 Å². The highest BCUT2D eigenvalue weighted by Crippen LogP contribution is 2.25. The third-order valence-electron chi connectivity index (χ3n) is 6.71. The van der Waals surface area contributed by atoms with E-state index < -0.39 is 28.5 Å². The molecule has 1 aliphatic rings. The number of methoxy groups -OCH3 is 1. The van der Waals surface area contributed by atoms with E-state index in [-0.39, 0.29) is 18.5 Å². The molecule has 37 heavy (non-hydrogen) atoms. The molecule has 1 fully saturated rings. The van der Waals surface area contributed by atoms with E-state index in [4.69, 9.17) is 4.74 Å². The van der Waals surface area contributed by atoms with Gasteiger partial charge in [0, 0.05) is 17.1 Å². The Hall–Kier alpha value is -2.59.